The smallest absolute Gasteiger partial charge is 0.224 e. The number of hydrogen-bond donors (Lipinski definition) is 2. The van der Waals surface area contributed by atoms with Gasteiger partial charge in [0.1, 0.15) is 5.82 Å². The minimum atomic E-state index is -0.495. The number of thioether (sulfide) groups is 1. The summed E-state index contributed by atoms with van der Waals surface area (Å²) in [6.45, 7) is 6.02. The highest BCUT2D eigenvalue weighted by Gasteiger charge is 2.57. The second-order valence-corrected chi connectivity index (χ2v) is 7.89. The molecule has 2 fully saturated rings. The van der Waals surface area contributed by atoms with Gasteiger partial charge in [0.25, 0.3) is 0 Å². The second-order valence-electron chi connectivity index (χ2n) is 7.04. The van der Waals surface area contributed by atoms with Gasteiger partial charge >= 0.3 is 0 Å². The molecule has 4 rings (SSSR count). The Morgan fingerprint density at radius 1 is 1.43 bits per heavy atom. The average Bonchev–Trinajstić information content (AvgIpc) is 2.91. The van der Waals surface area contributed by atoms with Crippen molar-refractivity contribution in [2.75, 3.05) is 19.3 Å². The van der Waals surface area contributed by atoms with Crippen LogP contribution in [0, 0.1) is 17.8 Å². The van der Waals surface area contributed by atoms with Gasteiger partial charge in [-0.2, -0.15) is 0 Å². The van der Waals surface area contributed by atoms with Gasteiger partial charge in [-0.1, -0.05) is 0 Å². The van der Waals surface area contributed by atoms with Crippen LogP contribution in [0.3, 0.4) is 0 Å². The summed E-state index contributed by atoms with van der Waals surface area (Å²) in [6, 6.07) is 4.12. The zero-order chi connectivity index (χ0) is 16.2. The van der Waals surface area contributed by atoms with Crippen LogP contribution in [0.2, 0.25) is 0 Å². The van der Waals surface area contributed by atoms with Crippen molar-refractivity contribution in [2.45, 2.75) is 24.3 Å². The number of hydrogen-bond acceptors (Lipinski definition) is 4. The summed E-state index contributed by atoms with van der Waals surface area (Å²) in [5, 5.41) is 6.56. The van der Waals surface area contributed by atoms with E-state index in [0.717, 1.165) is 24.4 Å². The topological polar surface area (TPSA) is 58.4 Å². The normalized spacial score (nSPS) is 26.3. The number of carbonyl (C=O) groups is 1. The van der Waals surface area contributed by atoms with Gasteiger partial charge in [-0.15, -0.1) is 11.8 Å². The van der Waals surface area contributed by atoms with E-state index in [2.05, 4.69) is 32.3 Å². The summed E-state index contributed by atoms with van der Waals surface area (Å²) in [6.07, 6.45) is 5.97. The Morgan fingerprint density at radius 2 is 2.17 bits per heavy atom. The van der Waals surface area contributed by atoms with Gasteiger partial charge in [-0.3, -0.25) is 4.79 Å². The third kappa shape index (κ3) is 2.35. The molecule has 0 bridgehead atoms. The number of aromatic nitrogens is 2. The molecule has 1 saturated heterocycles. The molecule has 1 saturated carbocycles. The monoisotopic (exact) mass is 330 g/mol. The molecule has 2 N–H and O–H groups in total. The number of carbonyl (C=O) groups excluding carboxylic acids is 1. The molecule has 2 aromatic heterocycles. The summed E-state index contributed by atoms with van der Waals surface area (Å²) < 4.78 is 2.08. The number of fused-ring (bicyclic) bond motifs is 2. The van der Waals surface area contributed by atoms with Crippen molar-refractivity contribution in [3.63, 3.8) is 0 Å². The Hall–Kier alpha value is -1.53. The van der Waals surface area contributed by atoms with Gasteiger partial charge < -0.3 is 15.0 Å². The van der Waals surface area contributed by atoms with Crippen LogP contribution in [-0.4, -0.2) is 34.6 Å². The molecule has 6 heteroatoms. The van der Waals surface area contributed by atoms with Crippen LogP contribution in [-0.2, 0) is 10.3 Å². The molecular formula is C17H22N4OS. The highest BCUT2D eigenvalue weighted by Crippen LogP contribution is 2.49. The van der Waals surface area contributed by atoms with E-state index in [1.807, 2.05) is 32.3 Å². The van der Waals surface area contributed by atoms with E-state index < -0.39 is 5.54 Å². The van der Waals surface area contributed by atoms with E-state index in [0.29, 0.717) is 11.8 Å². The van der Waals surface area contributed by atoms with Gasteiger partial charge in [-0.05, 0) is 57.2 Å². The largest absolute Gasteiger partial charge is 0.344 e. The minimum Gasteiger partial charge on any atom is -0.344 e. The zero-order valence-corrected chi connectivity index (χ0v) is 14.5. The molecule has 0 spiro atoms. The number of nitrogens with one attached hydrogen (secondary N) is 2. The fraction of sp³-hybridized carbons (Fsp3) is 0.529. The van der Waals surface area contributed by atoms with Crippen LogP contribution < -0.4 is 10.6 Å². The van der Waals surface area contributed by atoms with Crippen molar-refractivity contribution in [1.82, 2.24) is 20.0 Å². The number of amides is 1. The summed E-state index contributed by atoms with van der Waals surface area (Å²) in [5.41, 5.74) is 0.593. The molecule has 0 aromatic carbocycles. The van der Waals surface area contributed by atoms with Crippen molar-refractivity contribution in [1.29, 1.82) is 0 Å². The van der Waals surface area contributed by atoms with Crippen LogP contribution >= 0.6 is 11.8 Å². The molecule has 122 valence electrons. The van der Waals surface area contributed by atoms with Crippen LogP contribution in [0.1, 0.15) is 19.7 Å². The molecule has 5 nitrogen and oxygen atoms in total. The van der Waals surface area contributed by atoms with Crippen molar-refractivity contribution in [3.8, 4) is 0 Å². The maximum absolute atomic E-state index is 12.6. The first kappa shape index (κ1) is 15.0. The predicted octanol–water partition coefficient (Wildman–Crippen LogP) is 1.87. The van der Waals surface area contributed by atoms with Crippen molar-refractivity contribution >= 4 is 23.2 Å². The molecule has 1 aliphatic carbocycles. The SMILES string of the molecule is CSc1cccn2c(C(C)(C)NC(=O)[C@@H]3[C@@H]4CNC[C@@H]43)ncc12. The minimum absolute atomic E-state index is 0.171. The maximum Gasteiger partial charge on any atom is 0.224 e. The molecule has 23 heavy (non-hydrogen) atoms. The van der Waals surface area contributed by atoms with Crippen molar-refractivity contribution in [2.24, 2.45) is 17.8 Å². The third-order valence-electron chi connectivity index (χ3n) is 5.14. The van der Waals surface area contributed by atoms with Crippen LogP contribution in [0.4, 0.5) is 0 Å². The fourth-order valence-electron chi connectivity index (χ4n) is 3.89. The standard InChI is InChI=1S/C17H22N4OS/c1-17(2,20-15(22)14-10-7-18-8-11(10)14)16-19-9-12-13(23-3)5-4-6-21(12)16/h4-6,9-11,14,18H,7-8H2,1-3H3,(H,20,22)/t10-,11+,14-. The lowest BCUT2D eigenvalue weighted by atomic mass is 10.0. The average molecular weight is 330 g/mol. The van der Waals surface area contributed by atoms with Crippen LogP contribution in [0.15, 0.2) is 29.4 Å². The van der Waals surface area contributed by atoms with E-state index in [1.165, 1.54) is 4.90 Å². The summed E-state index contributed by atoms with van der Waals surface area (Å²) in [5.74, 6) is 2.30. The molecule has 3 atom stereocenters. The van der Waals surface area contributed by atoms with Crippen molar-refractivity contribution in [3.05, 3.63) is 30.4 Å². The van der Waals surface area contributed by atoms with E-state index in [-0.39, 0.29) is 11.8 Å². The lowest BCUT2D eigenvalue weighted by Crippen LogP contribution is -2.44. The van der Waals surface area contributed by atoms with E-state index in [1.54, 1.807) is 11.8 Å². The van der Waals surface area contributed by atoms with Gasteiger partial charge in [0.2, 0.25) is 5.91 Å². The number of pyridine rings is 1. The molecule has 0 unspecified atom stereocenters. The fourth-order valence-corrected chi connectivity index (χ4v) is 4.46. The predicted molar refractivity (Wildman–Crippen MR) is 91.5 cm³/mol. The Morgan fingerprint density at radius 3 is 2.87 bits per heavy atom. The van der Waals surface area contributed by atoms with Gasteiger partial charge in [0, 0.05) is 17.0 Å². The lowest BCUT2D eigenvalue weighted by molar-refractivity contribution is -0.124. The molecule has 2 aromatic rings. The number of imidazole rings is 1. The molecule has 3 heterocycles. The zero-order valence-electron chi connectivity index (χ0n) is 13.7. The van der Waals surface area contributed by atoms with Gasteiger partial charge in [0.05, 0.1) is 17.3 Å². The molecule has 2 aliphatic rings. The third-order valence-corrected chi connectivity index (χ3v) is 5.93. The second kappa shape index (κ2) is 5.24. The maximum atomic E-state index is 12.6. The summed E-state index contributed by atoms with van der Waals surface area (Å²) in [7, 11) is 0. The first-order valence-electron chi connectivity index (χ1n) is 8.06. The highest BCUT2D eigenvalue weighted by atomic mass is 32.2. The Kier molecular flexibility index (Phi) is 3.43. The number of nitrogens with zero attached hydrogens (tertiary/aromatic N) is 2. The Labute approximate surface area is 140 Å². The van der Waals surface area contributed by atoms with Crippen LogP contribution in [0.5, 0.6) is 0 Å². The summed E-state index contributed by atoms with van der Waals surface area (Å²) in [4.78, 5) is 18.4. The van der Waals surface area contributed by atoms with Crippen molar-refractivity contribution < 1.29 is 4.79 Å². The van der Waals surface area contributed by atoms with E-state index in [9.17, 15) is 4.79 Å². The first-order valence-corrected chi connectivity index (χ1v) is 9.28. The first-order chi connectivity index (χ1) is 11.0. The Bertz CT molecular complexity index is 759. The van der Waals surface area contributed by atoms with Gasteiger partial charge in [0.15, 0.2) is 0 Å². The molecule has 1 amide bonds. The van der Waals surface area contributed by atoms with Gasteiger partial charge in [-0.25, -0.2) is 4.98 Å². The number of rotatable bonds is 4. The molecule has 0 radical (unpaired) electrons. The quantitative estimate of drug-likeness (QED) is 0.841. The van der Waals surface area contributed by atoms with E-state index in [4.69, 9.17) is 0 Å². The highest BCUT2D eigenvalue weighted by molar-refractivity contribution is 7.98. The van der Waals surface area contributed by atoms with Crippen LogP contribution in [0.25, 0.3) is 5.52 Å². The summed E-state index contributed by atoms with van der Waals surface area (Å²) >= 11 is 1.71. The number of piperidine rings is 1. The Balaban J connectivity index is 1.60. The van der Waals surface area contributed by atoms with E-state index >= 15 is 0 Å². The molecular weight excluding hydrogens is 308 g/mol. The molecule has 1 aliphatic heterocycles. The lowest BCUT2D eigenvalue weighted by Gasteiger charge is -2.26.